The minimum absolute atomic E-state index is 0.304. The van der Waals surface area contributed by atoms with Crippen LogP contribution in [0.2, 0.25) is 0 Å². The molecule has 0 amide bonds. The Bertz CT molecular complexity index is 323. The van der Waals surface area contributed by atoms with Gasteiger partial charge in [-0.05, 0) is 31.7 Å². The van der Waals surface area contributed by atoms with Crippen molar-refractivity contribution in [3.63, 3.8) is 0 Å². The number of ether oxygens (including phenoxy) is 1. The number of aromatic nitrogens is 2. The summed E-state index contributed by atoms with van der Waals surface area (Å²) < 4.78 is 5.72. The van der Waals surface area contributed by atoms with Gasteiger partial charge in [0.05, 0.1) is 0 Å². The highest BCUT2D eigenvalue weighted by Gasteiger charge is 2.29. The van der Waals surface area contributed by atoms with Gasteiger partial charge in [0.15, 0.2) is 0 Å². The van der Waals surface area contributed by atoms with Crippen LogP contribution in [0.3, 0.4) is 0 Å². The van der Waals surface area contributed by atoms with Crippen molar-refractivity contribution in [2.45, 2.75) is 32.3 Å². The van der Waals surface area contributed by atoms with E-state index in [2.05, 4.69) is 16.9 Å². The van der Waals surface area contributed by atoms with E-state index < -0.39 is 0 Å². The summed E-state index contributed by atoms with van der Waals surface area (Å²) in [7, 11) is 0. The van der Waals surface area contributed by atoms with Gasteiger partial charge in [0.25, 0.3) is 0 Å². The summed E-state index contributed by atoms with van der Waals surface area (Å²) in [6.45, 7) is 2.84. The van der Waals surface area contributed by atoms with Crippen molar-refractivity contribution in [3.8, 4) is 5.88 Å². The lowest BCUT2D eigenvalue weighted by molar-refractivity contribution is 0.0646. The fraction of sp³-hybridized carbons (Fsp3) is 0.636. The van der Waals surface area contributed by atoms with Gasteiger partial charge in [-0.15, -0.1) is 0 Å². The second kappa shape index (κ2) is 4.57. The van der Waals surface area contributed by atoms with Crippen LogP contribution in [0.4, 0.5) is 0 Å². The van der Waals surface area contributed by atoms with Crippen LogP contribution in [0, 0.1) is 5.92 Å². The molecule has 0 atom stereocenters. The molecule has 0 unspecified atom stereocenters. The molecular formula is C11H17N3O. The number of hydrogen-bond donors (Lipinski definition) is 1. The average molecular weight is 207 g/mol. The first-order valence-electron chi connectivity index (χ1n) is 5.49. The molecule has 0 bridgehead atoms. The third kappa shape index (κ3) is 2.45. The lowest BCUT2D eigenvalue weighted by atomic mass is 9.82. The molecule has 0 radical (unpaired) electrons. The zero-order valence-corrected chi connectivity index (χ0v) is 9.02. The summed E-state index contributed by atoms with van der Waals surface area (Å²) in [4.78, 5) is 8.22. The molecule has 1 aromatic heterocycles. The molecule has 0 saturated heterocycles. The third-order valence-electron chi connectivity index (χ3n) is 2.87. The van der Waals surface area contributed by atoms with Crippen molar-refractivity contribution >= 4 is 0 Å². The van der Waals surface area contributed by atoms with Crippen molar-refractivity contribution in [3.05, 3.63) is 18.1 Å². The van der Waals surface area contributed by atoms with E-state index >= 15 is 0 Å². The van der Waals surface area contributed by atoms with Crippen LogP contribution >= 0.6 is 0 Å². The maximum atomic E-state index is 5.72. The molecule has 82 valence electrons. The Morgan fingerprint density at radius 2 is 2.27 bits per heavy atom. The van der Waals surface area contributed by atoms with Crippen LogP contribution in [0.15, 0.2) is 12.4 Å². The lowest BCUT2D eigenvalue weighted by Gasteiger charge is -2.34. The van der Waals surface area contributed by atoms with E-state index in [0.29, 0.717) is 17.9 Å². The standard InChI is InChI=1S/C11H17N3O/c1-2-9-5-11(14-7-13-9)15-10-3-8(4-10)6-12/h5,7-8,10H,2-4,6,12H2,1H3. The van der Waals surface area contributed by atoms with Crippen LogP contribution in [-0.4, -0.2) is 22.6 Å². The second-order valence-corrected chi connectivity index (χ2v) is 4.01. The van der Waals surface area contributed by atoms with Gasteiger partial charge in [-0.25, -0.2) is 9.97 Å². The smallest absolute Gasteiger partial charge is 0.216 e. The molecule has 0 aromatic carbocycles. The second-order valence-electron chi connectivity index (χ2n) is 4.01. The van der Waals surface area contributed by atoms with Crippen molar-refractivity contribution < 1.29 is 4.74 Å². The molecule has 1 fully saturated rings. The Labute approximate surface area is 89.9 Å². The van der Waals surface area contributed by atoms with Gasteiger partial charge in [0.2, 0.25) is 5.88 Å². The van der Waals surface area contributed by atoms with E-state index in [0.717, 1.165) is 31.5 Å². The lowest BCUT2D eigenvalue weighted by Crippen LogP contribution is -2.37. The molecule has 1 heterocycles. The monoisotopic (exact) mass is 207 g/mol. The first-order valence-corrected chi connectivity index (χ1v) is 5.49. The molecule has 4 nitrogen and oxygen atoms in total. The van der Waals surface area contributed by atoms with Crippen molar-refractivity contribution in [1.29, 1.82) is 0 Å². The van der Waals surface area contributed by atoms with Crippen molar-refractivity contribution in [1.82, 2.24) is 9.97 Å². The van der Waals surface area contributed by atoms with Gasteiger partial charge in [-0.2, -0.15) is 0 Å². The predicted octanol–water partition coefficient (Wildman–Crippen LogP) is 1.16. The summed E-state index contributed by atoms with van der Waals surface area (Å²) in [6.07, 6.45) is 4.89. The largest absolute Gasteiger partial charge is 0.474 e. The predicted molar refractivity (Wildman–Crippen MR) is 57.6 cm³/mol. The highest BCUT2D eigenvalue weighted by Crippen LogP contribution is 2.29. The molecule has 1 aliphatic rings. The van der Waals surface area contributed by atoms with Crippen LogP contribution in [-0.2, 0) is 6.42 Å². The molecule has 0 aliphatic heterocycles. The number of nitrogens with two attached hydrogens (primary N) is 1. The van der Waals surface area contributed by atoms with Gasteiger partial charge >= 0.3 is 0 Å². The summed E-state index contributed by atoms with van der Waals surface area (Å²) in [6, 6.07) is 1.91. The van der Waals surface area contributed by atoms with Gasteiger partial charge in [-0.1, -0.05) is 6.92 Å². The van der Waals surface area contributed by atoms with Gasteiger partial charge in [-0.3, -0.25) is 0 Å². The quantitative estimate of drug-likeness (QED) is 0.804. The minimum atomic E-state index is 0.304. The molecule has 1 saturated carbocycles. The molecular weight excluding hydrogens is 190 g/mol. The highest BCUT2D eigenvalue weighted by molar-refractivity contribution is 5.14. The van der Waals surface area contributed by atoms with Gasteiger partial charge in [0.1, 0.15) is 12.4 Å². The Balaban J connectivity index is 1.88. The zero-order chi connectivity index (χ0) is 10.7. The first kappa shape index (κ1) is 10.4. The number of nitrogens with zero attached hydrogens (tertiary/aromatic N) is 2. The fourth-order valence-electron chi connectivity index (χ4n) is 1.77. The number of aryl methyl sites for hydroxylation is 1. The Hall–Kier alpha value is -1.16. The minimum Gasteiger partial charge on any atom is -0.474 e. The van der Waals surface area contributed by atoms with Crippen LogP contribution < -0.4 is 10.5 Å². The van der Waals surface area contributed by atoms with Crippen LogP contribution in [0.5, 0.6) is 5.88 Å². The first-order chi connectivity index (χ1) is 7.31. The maximum Gasteiger partial charge on any atom is 0.216 e. The number of hydrogen-bond acceptors (Lipinski definition) is 4. The molecule has 2 rings (SSSR count). The summed E-state index contributed by atoms with van der Waals surface area (Å²) >= 11 is 0. The summed E-state index contributed by atoms with van der Waals surface area (Å²) in [5.41, 5.74) is 6.58. The van der Waals surface area contributed by atoms with E-state index in [1.54, 1.807) is 6.33 Å². The van der Waals surface area contributed by atoms with Crippen molar-refractivity contribution in [2.75, 3.05) is 6.54 Å². The number of rotatable bonds is 4. The molecule has 0 spiro atoms. The Kier molecular flexibility index (Phi) is 3.16. The molecule has 4 heteroatoms. The van der Waals surface area contributed by atoms with Crippen LogP contribution in [0.25, 0.3) is 0 Å². The van der Waals surface area contributed by atoms with E-state index in [9.17, 15) is 0 Å². The molecule has 1 aliphatic carbocycles. The third-order valence-corrected chi connectivity index (χ3v) is 2.87. The van der Waals surface area contributed by atoms with E-state index in [-0.39, 0.29) is 0 Å². The Morgan fingerprint density at radius 1 is 1.47 bits per heavy atom. The summed E-state index contributed by atoms with van der Waals surface area (Å²) in [5.74, 6) is 1.34. The van der Waals surface area contributed by atoms with Crippen LogP contribution in [0.1, 0.15) is 25.5 Å². The van der Waals surface area contributed by atoms with E-state index in [1.807, 2.05) is 6.07 Å². The fourth-order valence-corrected chi connectivity index (χ4v) is 1.77. The molecule has 15 heavy (non-hydrogen) atoms. The zero-order valence-electron chi connectivity index (χ0n) is 9.02. The van der Waals surface area contributed by atoms with E-state index in [1.165, 1.54) is 0 Å². The maximum absolute atomic E-state index is 5.72. The summed E-state index contributed by atoms with van der Waals surface area (Å²) in [5, 5.41) is 0. The highest BCUT2D eigenvalue weighted by atomic mass is 16.5. The normalized spacial score (nSPS) is 24.7. The van der Waals surface area contributed by atoms with Crippen molar-refractivity contribution in [2.24, 2.45) is 11.7 Å². The van der Waals surface area contributed by atoms with E-state index in [4.69, 9.17) is 10.5 Å². The SMILES string of the molecule is CCc1cc(OC2CC(CN)C2)ncn1. The molecule has 1 aromatic rings. The van der Waals surface area contributed by atoms with Gasteiger partial charge < -0.3 is 10.5 Å². The Morgan fingerprint density at radius 3 is 2.93 bits per heavy atom. The topological polar surface area (TPSA) is 61.0 Å². The van der Waals surface area contributed by atoms with Gasteiger partial charge in [0, 0.05) is 11.8 Å². The molecule has 2 N–H and O–H groups in total. The average Bonchev–Trinajstić information content (AvgIpc) is 2.23.